The molecule has 0 aliphatic carbocycles. The van der Waals surface area contributed by atoms with Crippen LogP contribution in [-0.4, -0.2) is 42.9 Å². The lowest BCUT2D eigenvalue weighted by atomic mass is 10.1. The Hall–Kier alpha value is -1.39. The van der Waals surface area contributed by atoms with Gasteiger partial charge in [0, 0.05) is 27.2 Å². The maximum atomic E-state index is 11.8. The summed E-state index contributed by atoms with van der Waals surface area (Å²) in [4.78, 5) is 15.6. The Morgan fingerprint density at radius 1 is 1.26 bits per heavy atom. The second kappa shape index (κ2) is 7.92. The topological polar surface area (TPSA) is 49.6 Å². The first-order valence-corrected chi connectivity index (χ1v) is 6.77. The Bertz CT molecular complexity index is 404. The molecule has 0 fully saturated rings. The van der Waals surface area contributed by atoms with Crippen molar-refractivity contribution in [2.45, 2.75) is 26.4 Å². The van der Waals surface area contributed by atoms with Crippen molar-refractivity contribution in [2.75, 3.05) is 27.2 Å². The zero-order valence-corrected chi connectivity index (χ0v) is 12.2. The van der Waals surface area contributed by atoms with E-state index in [0.29, 0.717) is 13.1 Å². The fourth-order valence-electron chi connectivity index (χ4n) is 1.98. The Morgan fingerprint density at radius 3 is 2.53 bits per heavy atom. The number of likely N-dealkylation sites (N-methyl/N-ethyl adjacent to an activating group) is 1. The van der Waals surface area contributed by atoms with Crippen molar-refractivity contribution in [3.05, 3.63) is 35.4 Å². The molecule has 0 aliphatic rings. The van der Waals surface area contributed by atoms with Crippen LogP contribution < -0.4 is 5.73 Å². The third-order valence-corrected chi connectivity index (χ3v) is 3.03. The summed E-state index contributed by atoms with van der Waals surface area (Å²) in [7, 11) is 3.59. The molecule has 0 bridgehead atoms. The maximum Gasteiger partial charge on any atom is 0.236 e. The van der Waals surface area contributed by atoms with Crippen LogP contribution in [0.25, 0.3) is 0 Å². The molecule has 2 N–H and O–H groups in total. The molecule has 106 valence electrons. The van der Waals surface area contributed by atoms with Gasteiger partial charge in [-0.15, -0.1) is 0 Å². The summed E-state index contributed by atoms with van der Waals surface area (Å²) < 4.78 is 0. The van der Waals surface area contributed by atoms with E-state index in [9.17, 15) is 4.79 Å². The number of nitrogens with two attached hydrogens (primary N) is 1. The highest BCUT2D eigenvalue weighted by molar-refractivity contribution is 5.77. The van der Waals surface area contributed by atoms with Crippen LogP contribution in [0.5, 0.6) is 0 Å². The van der Waals surface area contributed by atoms with Gasteiger partial charge in [0.1, 0.15) is 0 Å². The first-order chi connectivity index (χ1) is 9.06. The summed E-state index contributed by atoms with van der Waals surface area (Å²) in [5, 5.41) is 0. The molecule has 19 heavy (non-hydrogen) atoms. The van der Waals surface area contributed by atoms with Crippen LogP contribution >= 0.6 is 0 Å². The van der Waals surface area contributed by atoms with Crippen LogP contribution in [0.4, 0.5) is 0 Å². The number of nitrogens with zero attached hydrogens (tertiary/aromatic N) is 2. The van der Waals surface area contributed by atoms with E-state index >= 15 is 0 Å². The smallest absolute Gasteiger partial charge is 0.236 e. The van der Waals surface area contributed by atoms with Crippen molar-refractivity contribution in [3.63, 3.8) is 0 Å². The van der Waals surface area contributed by atoms with Crippen molar-refractivity contribution in [2.24, 2.45) is 5.73 Å². The minimum atomic E-state index is 0.142. The molecule has 1 rings (SSSR count). The van der Waals surface area contributed by atoms with Crippen molar-refractivity contribution < 1.29 is 4.79 Å². The predicted octanol–water partition coefficient (Wildman–Crippen LogP) is 1.45. The van der Waals surface area contributed by atoms with E-state index in [1.165, 1.54) is 5.56 Å². The first kappa shape index (κ1) is 15.7. The number of benzene rings is 1. The number of carbonyl (C=O) groups is 1. The Kier molecular flexibility index (Phi) is 6.53. The highest BCUT2D eigenvalue weighted by Gasteiger charge is 2.12. The SMILES string of the molecule is CCCN(CC(=O)N(C)C)Cc1cccc(CN)c1. The summed E-state index contributed by atoms with van der Waals surface area (Å²) in [6.07, 6.45) is 1.04. The second-order valence-corrected chi connectivity index (χ2v) is 5.02. The monoisotopic (exact) mass is 263 g/mol. The molecule has 0 aromatic heterocycles. The van der Waals surface area contributed by atoms with Gasteiger partial charge in [0.15, 0.2) is 0 Å². The van der Waals surface area contributed by atoms with E-state index in [0.717, 1.165) is 25.1 Å². The van der Waals surface area contributed by atoms with E-state index in [2.05, 4.69) is 24.0 Å². The lowest BCUT2D eigenvalue weighted by Crippen LogP contribution is -2.36. The van der Waals surface area contributed by atoms with Gasteiger partial charge in [0.2, 0.25) is 5.91 Å². The summed E-state index contributed by atoms with van der Waals surface area (Å²) >= 11 is 0. The van der Waals surface area contributed by atoms with Gasteiger partial charge in [-0.1, -0.05) is 31.2 Å². The molecule has 0 aliphatic heterocycles. The maximum absolute atomic E-state index is 11.8. The highest BCUT2D eigenvalue weighted by atomic mass is 16.2. The van der Waals surface area contributed by atoms with Gasteiger partial charge in [0.05, 0.1) is 6.54 Å². The number of hydrogen-bond donors (Lipinski definition) is 1. The highest BCUT2D eigenvalue weighted by Crippen LogP contribution is 2.09. The van der Waals surface area contributed by atoms with Gasteiger partial charge in [-0.2, -0.15) is 0 Å². The minimum absolute atomic E-state index is 0.142. The summed E-state index contributed by atoms with van der Waals surface area (Å²) in [6.45, 7) is 4.86. The van der Waals surface area contributed by atoms with Crippen LogP contribution in [0.1, 0.15) is 24.5 Å². The largest absolute Gasteiger partial charge is 0.348 e. The molecule has 0 spiro atoms. The number of rotatable bonds is 7. The third-order valence-electron chi connectivity index (χ3n) is 3.03. The lowest BCUT2D eigenvalue weighted by Gasteiger charge is -2.23. The molecule has 4 heteroatoms. The zero-order chi connectivity index (χ0) is 14.3. The van der Waals surface area contributed by atoms with Crippen molar-refractivity contribution in [1.29, 1.82) is 0 Å². The normalized spacial score (nSPS) is 10.8. The summed E-state index contributed by atoms with van der Waals surface area (Å²) in [5.41, 5.74) is 8.00. The van der Waals surface area contributed by atoms with Gasteiger partial charge in [-0.05, 0) is 24.1 Å². The average Bonchev–Trinajstić information content (AvgIpc) is 2.39. The van der Waals surface area contributed by atoms with E-state index in [1.54, 1.807) is 19.0 Å². The van der Waals surface area contributed by atoms with E-state index in [4.69, 9.17) is 5.73 Å². The van der Waals surface area contributed by atoms with Gasteiger partial charge >= 0.3 is 0 Å². The van der Waals surface area contributed by atoms with Crippen molar-refractivity contribution >= 4 is 5.91 Å². The predicted molar refractivity (Wildman–Crippen MR) is 78.6 cm³/mol. The Labute approximate surface area is 116 Å². The molecule has 0 heterocycles. The standard InChI is InChI=1S/C15H25N3O/c1-4-8-18(12-15(19)17(2)3)11-14-7-5-6-13(9-14)10-16/h5-7,9H,4,8,10-12,16H2,1-3H3. The number of carbonyl (C=O) groups excluding carboxylic acids is 1. The van der Waals surface area contributed by atoms with E-state index < -0.39 is 0 Å². The fourth-order valence-corrected chi connectivity index (χ4v) is 1.98. The minimum Gasteiger partial charge on any atom is -0.348 e. The fraction of sp³-hybridized carbons (Fsp3) is 0.533. The average molecular weight is 263 g/mol. The molecule has 1 aromatic rings. The molecule has 0 saturated carbocycles. The molecule has 0 unspecified atom stereocenters. The van der Waals surface area contributed by atoms with Crippen molar-refractivity contribution in [3.8, 4) is 0 Å². The number of amides is 1. The van der Waals surface area contributed by atoms with Gasteiger partial charge in [-0.25, -0.2) is 0 Å². The summed E-state index contributed by atoms with van der Waals surface area (Å²) in [5.74, 6) is 0.142. The van der Waals surface area contributed by atoms with Gasteiger partial charge in [0.25, 0.3) is 0 Å². The van der Waals surface area contributed by atoms with Gasteiger partial charge < -0.3 is 10.6 Å². The van der Waals surface area contributed by atoms with Crippen LogP contribution in [0.2, 0.25) is 0 Å². The van der Waals surface area contributed by atoms with Crippen LogP contribution in [0.15, 0.2) is 24.3 Å². The van der Waals surface area contributed by atoms with Crippen LogP contribution in [0.3, 0.4) is 0 Å². The Morgan fingerprint density at radius 2 is 1.95 bits per heavy atom. The lowest BCUT2D eigenvalue weighted by molar-refractivity contribution is -0.130. The molecule has 4 nitrogen and oxygen atoms in total. The zero-order valence-electron chi connectivity index (χ0n) is 12.2. The summed E-state index contributed by atoms with van der Waals surface area (Å²) in [6, 6.07) is 8.25. The number of hydrogen-bond acceptors (Lipinski definition) is 3. The van der Waals surface area contributed by atoms with Crippen LogP contribution in [0, 0.1) is 0 Å². The molecule has 0 saturated heterocycles. The van der Waals surface area contributed by atoms with E-state index in [1.807, 2.05) is 12.1 Å². The second-order valence-electron chi connectivity index (χ2n) is 5.02. The van der Waals surface area contributed by atoms with Crippen LogP contribution in [-0.2, 0) is 17.9 Å². The molecule has 1 aromatic carbocycles. The van der Waals surface area contributed by atoms with E-state index in [-0.39, 0.29) is 5.91 Å². The molecule has 1 amide bonds. The quantitative estimate of drug-likeness (QED) is 0.810. The van der Waals surface area contributed by atoms with Gasteiger partial charge in [-0.3, -0.25) is 9.69 Å². The first-order valence-electron chi connectivity index (χ1n) is 6.77. The molecular formula is C15H25N3O. The molecule has 0 radical (unpaired) electrons. The third kappa shape index (κ3) is 5.41. The van der Waals surface area contributed by atoms with Crippen molar-refractivity contribution in [1.82, 2.24) is 9.80 Å². The molecular weight excluding hydrogens is 238 g/mol. The Balaban J connectivity index is 2.68. The molecule has 0 atom stereocenters.